The van der Waals surface area contributed by atoms with Crippen LogP contribution in [0.25, 0.3) is 10.9 Å². The minimum absolute atomic E-state index is 0.156. The second kappa shape index (κ2) is 9.14. The van der Waals surface area contributed by atoms with Gasteiger partial charge in [0.05, 0.1) is 10.9 Å². The van der Waals surface area contributed by atoms with E-state index in [1.165, 1.54) is 9.13 Å². The number of amides is 1. The number of para-hydroxylation sites is 1. The molecular formula is C21H23N3O4. The SMILES string of the molecule is COCCCn1c(=O)c2ccccc2n(CC(=O)NCc2ccccc2)c1=O. The fourth-order valence-corrected chi connectivity index (χ4v) is 3.08. The Hall–Kier alpha value is -3.19. The van der Waals surface area contributed by atoms with Gasteiger partial charge < -0.3 is 10.1 Å². The third kappa shape index (κ3) is 4.37. The van der Waals surface area contributed by atoms with Gasteiger partial charge in [0.25, 0.3) is 5.56 Å². The van der Waals surface area contributed by atoms with Crippen molar-refractivity contribution in [1.29, 1.82) is 0 Å². The predicted octanol–water partition coefficient (Wildman–Crippen LogP) is 1.52. The minimum Gasteiger partial charge on any atom is -0.385 e. The molecule has 0 saturated carbocycles. The van der Waals surface area contributed by atoms with Gasteiger partial charge in [-0.05, 0) is 24.1 Å². The van der Waals surface area contributed by atoms with Crippen molar-refractivity contribution in [2.24, 2.45) is 0 Å². The highest BCUT2D eigenvalue weighted by Gasteiger charge is 2.15. The summed E-state index contributed by atoms with van der Waals surface area (Å²) in [5.74, 6) is -0.293. The Morgan fingerprint density at radius 1 is 1.00 bits per heavy atom. The molecule has 7 nitrogen and oxygen atoms in total. The molecular weight excluding hydrogens is 358 g/mol. The Balaban J connectivity index is 1.89. The zero-order chi connectivity index (χ0) is 19.9. The molecule has 1 N–H and O–H groups in total. The first-order valence-corrected chi connectivity index (χ1v) is 9.13. The zero-order valence-electron chi connectivity index (χ0n) is 15.8. The molecule has 0 unspecified atom stereocenters. The van der Waals surface area contributed by atoms with Gasteiger partial charge in [-0.2, -0.15) is 0 Å². The van der Waals surface area contributed by atoms with Crippen LogP contribution < -0.4 is 16.6 Å². The van der Waals surface area contributed by atoms with Crippen molar-refractivity contribution in [2.75, 3.05) is 13.7 Å². The smallest absolute Gasteiger partial charge is 0.331 e. The number of carbonyl (C=O) groups is 1. The standard InChI is InChI=1S/C21H23N3O4/c1-28-13-7-12-23-20(26)17-10-5-6-11-18(17)24(21(23)27)15-19(25)22-14-16-8-3-2-4-9-16/h2-6,8-11H,7,12-15H2,1H3,(H,22,25). The van der Waals surface area contributed by atoms with Crippen LogP contribution in [-0.2, 0) is 29.2 Å². The predicted molar refractivity (Wildman–Crippen MR) is 107 cm³/mol. The molecule has 0 spiro atoms. The molecule has 0 aliphatic rings. The fraction of sp³-hybridized carbons (Fsp3) is 0.286. The normalized spacial score (nSPS) is 10.9. The van der Waals surface area contributed by atoms with Crippen molar-refractivity contribution in [3.8, 4) is 0 Å². The van der Waals surface area contributed by atoms with E-state index < -0.39 is 5.69 Å². The van der Waals surface area contributed by atoms with Crippen molar-refractivity contribution in [3.63, 3.8) is 0 Å². The number of hydrogen-bond donors (Lipinski definition) is 1. The van der Waals surface area contributed by atoms with E-state index in [4.69, 9.17) is 4.74 Å². The molecule has 0 atom stereocenters. The molecule has 7 heteroatoms. The molecule has 1 aromatic heterocycles. The fourth-order valence-electron chi connectivity index (χ4n) is 3.08. The molecule has 1 amide bonds. The maximum Gasteiger partial charge on any atom is 0.331 e. The summed E-state index contributed by atoms with van der Waals surface area (Å²) in [5.41, 5.74) is 0.584. The van der Waals surface area contributed by atoms with Crippen LogP contribution in [0.3, 0.4) is 0 Å². The quantitative estimate of drug-likeness (QED) is 0.600. The molecule has 0 aliphatic heterocycles. The third-order valence-electron chi connectivity index (χ3n) is 4.50. The molecule has 0 saturated heterocycles. The van der Waals surface area contributed by atoms with Crippen LogP contribution in [0.15, 0.2) is 64.2 Å². The number of hydrogen-bond acceptors (Lipinski definition) is 4. The molecule has 28 heavy (non-hydrogen) atoms. The van der Waals surface area contributed by atoms with E-state index in [0.717, 1.165) is 5.56 Å². The highest BCUT2D eigenvalue weighted by Crippen LogP contribution is 2.08. The molecule has 1 heterocycles. The summed E-state index contributed by atoms with van der Waals surface area (Å²) >= 11 is 0. The van der Waals surface area contributed by atoms with E-state index in [-0.39, 0.29) is 24.6 Å². The van der Waals surface area contributed by atoms with Gasteiger partial charge in [-0.3, -0.25) is 18.7 Å². The summed E-state index contributed by atoms with van der Waals surface area (Å²) in [6.45, 7) is 0.898. The summed E-state index contributed by atoms with van der Waals surface area (Å²) in [7, 11) is 1.57. The lowest BCUT2D eigenvalue weighted by molar-refractivity contribution is -0.121. The van der Waals surface area contributed by atoms with E-state index in [2.05, 4.69) is 5.32 Å². The van der Waals surface area contributed by atoms with Gasteiger partial charge >= 0.3 is 5.69 Å². The third-order valence-corrected chi connectivity index (χ3v) is 4.50. The number of carbonyl (C=O) groups excluding carboxylic acids is 1. The summed E-state index contributed by atoms with van der Waals surface area (Å²) in [6.07, 6.45) is 0.532. The molecule has 0 aliphatic carbocycles. The second-order valence-corrected chi connectivity index (χ2v) is 6.45. The molecule has 3 aromatic rings. The molecule has 146 valence electrons. The van der Waals surface area contributed by atoms with Crippen molar-refractivity contribution in [3.05, 3.63) is 81.0 Å². The van der Waals surface area contributed by atoms with Crippen LogP contribution in [0.5, 0.6) is 0 Å². The first kappa shape index (κ1) is 19.6. The van der Waals surface area contributed by atoms with E-state index in [1.807, 2.05) is 30.3 Å². The first-order chi connectivity index (χ1) is 13.6. The molecule has 3 rings (SSSR count). The van der Waals surface area contributed by atoms with Crippen LogP contribution in [0.2, 0.25) is 0 Å². The number of aromatic nitrogens is 2. The van der Waals surface area contributed by atoms with Gasteiger partial charge in [0.1, 0.15) is 6.54 Å². The van der Waals surface area contributed by atoms with Crippen LogP contribution in [0.1, 0.15) is 12.0 Å². The molecule has 0 fully saturated rings. The number of rotatable bonds is 8. The van der Waals surface area contributed by atoms with Gasteiger partial charge in [0.15, 0.2) is 0 Å². The van der Waals surface area contributed by atoms with Gasteiger partial charge in [-0.15, -0.1) is 0 Å². The zero-order valence-corrected chi connectivity index (χ0v) is 15.8. The first-order valence-electron chi connectivity index (χ1n) is 9.13. The lowest BCUT2D eigenvalue weighted by Crippen LogP contribution is -2.42. The number of methoxy groups -OCH3 is 1. The van der Waals surface area contributed by atoms with Crippen molar-refractivity contribution in [1.82, 2.24) is 14.5 Å². The Morgan fingerprint density at radius 2 is 1.71 bits per heavy atom. The summed E-state index contributed by atoms with van der Waals surface area (Å²) in [4.78, 5) is 38.1. The minimum atomic E-state index is -0.491. The van der Waals surface area contributed by atoms with Gasteiger partial charge in [0, 0.05) is 26.8 Å². The van der Waals surface area contributed by atoms with Crippen LogP contribution in [0.4, 0.5) is 0 Å². The molecule has 0 bridgehead atoms. The Bertz CT molecular complexity index is 1070. The van der Waals surface area contributed by atoms with Crippen LogP contribution >= 0.6 is 0 Å². The Morgan fingerprint density at radius 3 is 2.46 bits per heavy atom. The lowest BCUT2D eigenvalue weighted by Gasteiger charge is -2.14. The number of fused-ring (bicyclic) bond motifs is 1. The van der Waals surface area contributed by atoms with Gasteiger partial charge in [0.2, 0.25) is 5.91 Å². The Labute approximate surface area is 162 Å². The molecule has 2 aromatic carbocycles. The summed E-state index contributed by atoms with van der Waals surface area (Å²) in [6, 6.07) is 16.4. The van der Waals surface area contributed by atoms with Crippen molar-refractivity contribution in [2.45, 2.75) is 26.1 Å². The number of benzene rings is 2. The number of ether oxygens (including phenoxy) is 1. The number of nitrogens with one attached hydrogen (secondary N) is 1. The highest BCUT2D eigenvalue weighted by atomic mass is 16.5. The molecule has 0 radical (unpaired) electrons. The topological polar surface area (TPSA) is 82.3 Å². The van der Waals surface area contributed by atoms with Crippen LogP contribution in [0, 0.1) is 0 Å². The summed E-state index contributed by atoms with van der Waals surface area (Å²) < 4.78 is 7.53. The lowest BCUT2D eigenvalue weighted by atomic mass is 10.2. The number of nitrogens with zero attached hydrogens (tertiary/aromatic N) is 2. The average molecular weight is 381 g/mol. The largest absolute Gasteiger partial charge is 0.385 e. The van der Waals surface area contributed by atoms with E-state index >= 15 is 0 Å². The van der Waals surface area contributed by atoms with Crippen molar-refractivity contribution < 1.29 is 9.53 Å². The van der Waals surface area contributed by atoms with Crippen molar-refractivity contribution >= 4 is 16.8 Å². The van der Waals surface area contributed by atoms with E-state index in [9.17, 15) is 14.4 Å². The Kier molecular flexibility index (Phi) is 6.39. The average Bonchev–Trinajstić information content (AvgIpc) is 2.73. The summed E-state index contributed by atoms with van der Waals surface area (Å²) in [5, 5.41) is 3.23. The van der Waals surface area contributed by atoms with E-state index in [1.54, 1.807) is 31.4 Å². The maximum absolute atomic E-state index is 12.9. The van der Waals surface area contributed by atoms with Crippen LogP contribution in [-0.4, -0.2) is 28.8 Å². The second-order valence-electron chi connectivity index (χ2n) is 6.45. The monoisotopic (exact) mass is 381 g/mol. The van der Waals surface area contributed by atoms with E-state index in [0.29, 0.717) is 30.5 Å². The maximum atomic E-state index is 12.9. The highest BCUT2D eigenvalue weighted by molar-refractivity contribution is 5.81. The van der Waals surface area contributed by atoms with Gasteiger partial charge in [-0.1, -0.05) is 42.5 Å². The van der Waals surface area contributed by atoms with Gasteiger partial charge in [-0.25, -0.2) is 4.79 Å².